The number of carbonyl (C=O) groups is 1. The maximum atomic E-state index is 11.0. The van der Waals surface area contributed by atoms with E-state index in [-0.39, 0.29) is 0 Å². The van der Waals surface area contributed by atoms with Gasteiger partial charge < -0.3 is 9.30 Å². The predicted octanol–water partition coefficient (Wildman–Crippen LogP) is 4.44. The van der Waals surface area contributed by atoms with E-state index in [0.717, 1.165) is 38.1 Å². The van der Waals surface area contributed by atoms with E-state index >= 15 is 0 Å². The number of methoxy groups -OCH3 is 1. The molecular formula is C14H13Br2NO2. The van der Waals surface area contributed by atoms with Crippen LogP contribution in [0.5, 0.6) is 5.75 Å². The maximum Gasteiger partial charge on any atom is 0.151 e. The van der Waals surface area contributed by atoms with Crippen LogP contribution in [-0.2, 0) is 0 Å². The number of aryl methyl sites for hydroxylation is 1. The summed E-state index contributed by atoms with van der Waals surface area (Å²) in [7, 11) is 1.63. The molecule has 0 aliphatic rings. The Kier molecular flexibility index (Phi) is 4.16. The first-order valence-corrected chi connectivity index (χ1v) is 7.25. The highest BCUT2D eigenvalue weighted by Crippen LogP contribution is 2.35. The van der Waals surface area contributed by atoms with Crippen LogP contribution in [0.15, 0.2) is 27.1 Å². The first kappa shape index (κ1) is 14.3. The van der Waals surface area contributed by atoms with Gasteiger partial charge in [0.05, 0.1) is 17.3 Å². The van der Waals surface area contributed by atoms with Crippen molar-refractivity contribution < 1.29 is 9.53 Å². The van der Waals surface area contributed by atoms with E-state index in [0.29, 0.717) is 5.56 Å². The average molecular weight is 387 g/mol. The lowest BCUT2D eigenvalue weighted by Crippen LogP contribution is -2.01. The maximum absolute atomic E-state index is 11.0. The summed E-state index contributed by atoms with van der Waals surface area (Å²) in [6, 6.07) is 5.75. The van der Waals surface area contributed by atoms with Crippen LogP contribution in [0.1, 0.15) is 21.7 Å². The van der Waals surface area contributed by atoms with Crippen molar-refractivity contribution in [3.63, 3.8) is 0 Å². The van der Waals surface area contributed by atoms with E-state index in [1.165, 1.54) is 0 Å². The molecule has 1 aromatic heterocycles. The summed E-state index contributed by atoms with van der Waals surface area (Å²) < 4.78 is 9.16. The second-order valence-electron chi connectivity index (χ2n) is 4.22. The highest BCUT2D eigenvalue weighted by Gasteiger charge is 2.14. The third-order valence-corrected chi connectivity index (χ3v) is 4.31. The van der Waals surface area contributed by atoms with Crippen molar-refractivity contribution >= 4 is 38.1 Å². The molecule has 0 bridgehead atoms. The molecule has 0 aliphatic heterocycles. The van der Waals surface area contributed by atoms with Gasteiger partial charge in [0.15, 0.2) is 6.29 Å². The van der Waals surface area contributed by atoms with E-state index in [2.05, 4.69) is 31.9 Å². The Morgan fingerprint density at radius 1 is 1.16 bits per heavy atom. The van der Waals surface area contributed by atoms with Crippen LogP contribution in [-0.4, -0.2) is 18.0 Å². The number of nitrogens with zero attached hydrogens (tertiary/aromatic N) is 1. The number of ether oxygens (including phenoxy) is 1. The highest BCUT2D eigenvalue weighted by molar-refractivity contribution is 9.11. The van der Waals surface area contributed by atoms with Gasteiger partial charge in [0.2, 0.25) is 0 Å². The summed E-state index contributed by atoms with van der Waals surface area (Å²) in [5.74, 6) is 0.748. The molecular weight excluding hydrogens is 374 g/mol. The molecule has 0 unspecified atom stereocenters. The number of aldehydes is 1. The van der Waals surface area contributed by atoms with Crippen LogP contribution in [0.3, 0.4) is 0 Å². The van der Waals surface area contributed by atoms with Gasteiger partial charge >= 0.3 is 0 Å². The minimum absolute atomic E-state index is 0.700. The van der Waals surface area contributed by atoms with E-state index in [1.807, 2.05) is 36.6 Å². The van der Waals surface area contributed by atoms with Crippen LogP contribution in [0, 0.1) is 13.8 Å². The Labute approximate surface area is 128 Å². The lowest BCUT2D eigenvalue weighted by Gasteiger charge is -2.14. The molecule has 3 nitrogen and oxygen atoms in total. The molecule has 0 amide bonds. The standard InChI is InChI=1S/C14H13Br2NO2/c1-8-4-10(7-18)9(2)17(8)13-6-14(19-3)12(16)5-11(13)15/h4-7H,1-3H3. The smallest absolute Gasteiger partial charge is 0.151 e. The van der Waals surface area contributed by atoms with Gasteiger partial charge in [0.25, 0.3) is 0 Å². The molecule has 0 radical (unpaired) electrons. The monoisotopic (exact) mass is 385 g/mol. The molecule has 0 fully saturated rings. The van der Waals surface area contributed by atoms with Gasteiger partial charge in [-0.3, -0.25) is 4.79 Å². The Morgan fingerprint density at radius 2 is 1.84 bits per heavy atom. The van der Waals surface area contributed by atoms with Gasteiger partial charge in [-0.15, -0.1) is 0 Å². The molecule has 19 heavy (non-hydrogen) atoms. The van der Waals surface area contributed by atoms with Crippen molar-refractivity contribution in [2.24, 2.45) is 0 Å². The molecule has 0 atom stereocenters. The zero-order valence-corrected chi connectivity index (χ0v) is 14.0. The number of rotatable bonds is 3. The van der Waals surface area contributed by atoms with Gasteiger partial charge in [-0.25, -0.2) is 0 Å². The Morgan fingerprint density at radius 3 is 2.37 bits per heavy atom. The topological polar surface area (TPSA) is 31.2 Å². The Hall–Kier alpha value is -1.07. The summed E-state index contributed by atoms with van der Waals surface area (Å²) in [6.45, 7) is 3.90. The Bertz CT molecular complexity index is 647. The third-order valence-electron chi connectivity index (χ3n) is 3.06. The lowest BCUT2D eigenvalue weighted by molar-refractivity contribution is 0.112. The van der Waals surface area contributed by atoms with E-state index in [9.17, 15) is 4.79 Å². The van der Waals surface area contributed by atoms with Crippen molar-refractivity contribution in [3.8, 4) is 11.4 Å². The molecule has 0 saturated heterocycles. The van der Waals surface area contributed by atoms with E-state index < -0.39 is 0 Å². The van der Waals surface area contributed by atoms with Crippen LogP contribution in [0.4, 0.5) is 0 Å². The number of aromatic nitrogens is 1. The molecule has 1 aromatic carbocycles. The van der Waals surface area contributed by atoms with Gasteiger partial charge in [-0.05, 0) is 57.8 Å². The van der Waals surface area contributed by atoms with Crippen molar-refractivity contribution in [3.05, 3.63) is 44.1 Å². The average Bonchev–Trinajstić information content (AvgIpc) is 2.65. The number of carbonyl (C=O) groups excluding carboxylic acids is 1. The summed E-state index contributed by atoms with van der Waals surface area (Å²) >= 11 is 7.00. The number of hydrogen-bond donors (Lipinski definition) is 0. The first-order chi connectivity index (χ1) is 8.99. The summed E-state index contributed by atoms with van der Waals surface area (Å²) in [6.07, 6.45) is 0.878. The third kappa shape index (κ3) is 2.49. The summed E-state index contributed by atoms with van der Waals surface area (Å²) in [5, 5.41) is 0. The summed E-state index contributed by atoms with van der Waals surface area (Å²) in [4.78, 5) is 11.0. The molecule has 100 valence electrons. The fourth-order valence-corrected chi connectivity index (χ4v) is 3.46. The van der Waals surface area contributed by atoms with Crippen LogP contribution >= 0.6 is 31.9 Å². The molecule has 0 saturated carbocycles. The van der Waals surface area contributed by atoms with Crippen molar-refractivity contribution in [1.82, 2.24) is 4.57 Å². The van der Waals surface area contributed by atoms with Crippen LogP contribution in [0.2, 0.25) is 0 Å². The highest BCUT2D eigenvalue weighted by atomic mass is 79.9. The fraction of sp³-hybridized carbons (Fsp3) is 0.214. The number of hydrogen-bond acceptors (Lipinski definition) is 2. The van der Waals surface area contributed by atoms with Crippen LogP contribution in [0.25, 0.3) is 5.69 Å². The zero-order valence-electron chi connectivity index (χ0n) is 10.8. The zero-order chi connectivity index (χ0) is 14.2. The van der Waals surface area contributed by atoms with Gasteiger partial charge in [0, 0.05) is 27.5 Å². The van der Waals surface area contributed by atoms with Crippen molar-refractivity contribution in [1.29, 1.82) is 0 Å². The quantitative estimate of drug-likeness (QED) is 0.730. The van der Waals surface area contributed by atoms with Gasteiger partial charge in [-0.2, -0.15) is 0 Å². The predicted molar refractivity (Wildman–Crippen MR) is 82.6 cm³/mol. The lowest BCUT2D eigenvalue weighted by atomic mass is 10.2. The minimum atomic E-state index is 0.700. The molecule has 0 N–H and O–H groups in total. The van der Waals surface area contributed by atoms with Gasteiger partial charge in [0.1, 0.15) is 5.75 Å². The molecule has 1 heterocycles. The molecule has 2 aromatic rings. The Balaban J connectivity index is 2.71. The van der Waals surface area contributed by atoms with E-state index in [4.69, 9.17) is 4.74 Å². The van der Waals surface area contributed by atoms with E-state index in [1.54, 1.807) is 7.11 Å². The number of halogens is 2. The fourth-order valence-electron chi connectivity index (χ4n) is 2.12. The van der Waals surface area contributed by atoms with Gasteiger partial charge in [-0.1, -0.05) is 0 Å². The molecule has 2 rings (SSSR count). The van der Waals surface area contributed by atoms with Crippen molar-refractivity contribution in [2.45, 2.75) is 13.8 Å². The largest absolute Gasteiger partial charge is 0.495 e. The molecule has 5 heteroatoms. The van der Waals surface area contributed by atoms with Crippen molar-refractivity contribution in [2.75, 3.05) is 7.11 Å². The first-order valence-electron chi connectivity index (χ1n) is 5.67. The second-order valence-corrected chi connectivity index (χ2v) is 5.93. The SMILES string of the molecule is COc1cc(-n2c(C)cc(C=O)c2C)c(Br)cc1Br. The normalized spacial score (nSPS) is 10.6. The number of benzene rings is 1. The van der Waals surface area contributed by atoms with Crippen LogP contribution < -0.4 is 4.74 Å². The molecule has 0 spiro atoms. The minimum Gasteiger partial charge on any atom is -0.495 e. The molecule has 0 aliphatic carbocycles. The second kappa shape index (κ2) is 5.51. The summed E-state index contributed by atoms with van der Waals surface area (Å²) in [5.41, 5.74) is 3.57.